The van der Waals surface area contributed by atoms with Crippen LogP contribution in [0.1, 0.15) is 81.8 Å². The Bertz CT molecular complexity index is 443. The van der Waals surface area contributed by atoms with Crippen LogP contribution in [-0.4, -0.2) is 12.1 Å². The second kappa shape index (κ2) is 6.96. The third-order valence-electron chi connectivity index (χ3n) is 5.69. The minimum absolute atomic E-state index is 0.417. The Kier molecular flexibility index (Phi) is 5.00. The number of benzene rings is 1. The van der Waals surface area contributed by atoms with Gasteiger partial charge in [0.25, 0.3) is 0 Å². The molecule has 2 unspecified atom stereocenters. The van der Waals surface area contributed by atoms with Crippen molar-refractivity contribution in [1.29, 1.82) is 0 Å². The van der Waals surface area contributed by atoms with Gasteiger partial charge in [-0.2, -0.15) is 0 Å². The molecule has 0 saturated carbocycles. The highest BCUT2D eigenvalue weighted by Crippen LogP contribution is 2.40. The summed E-state index contributed by atoms with van der Waals surface area (Å²) in [5.41, 5.74) is 3.69. The lowest BCUT2D eigenvalue weighted by Gasteiger charge is -2.39. The van der Waals surface area contributed by atoms with Crippen LogP contribution in [-0.2, 0) is 6.42 Å². The molecule has 1 saturated heterocycles. The van der Waals surface area contributed by atoms with Crippen molar-refractivity contribution in [3.8, 4) is 0 Å². The van der Waals surface area contributed by atoms with E-state index in [1.807, 2.05) is 0 Å². The van der Waals surface area contributed by atoms with Crippen molar-refractivity contribution < 1.29 is 0 Å². The van der Waals surface area contributed by atoms with Gasteiger partial charge in [-0.25, -0.2) is 0 Å². The fraction of sp³-hybridized carbons (Fsp3) is 0.700. The van der Waals surface area contributed by atoms with Crippen molar-refractivity contribution in [2.75, 3.05) is 6.54 Å². The molecule has 1 aromatic carbocycles. The van der Waals surface area contributed by atoms with Gasteiger partial charge < -0.3 is 5.32 Å². The van der Waals surface area contributed by atoms with Crippen molar-refractivity contribution in [2.45, 2.75) is 82.6 Å². The van der Waals surface area contributed by atoms with Crippen LogP contribution in [0.3, 0.4) is 0 Å². The smallest absolute Gasteiger partial charge is 0.0187 e. The Morgan fingerprint density at radius 2 is 2.05 bits per heavy atom. The molecule has 1 fully saturated rings. The second-order valence-electron chi connectivity index (χ2n) is 7.26. The molecule has 3 rings (SSSR count). The summed E-state index contributed by atoms with van der Waals surface area (Å²) in [6.07, 6.45) is 13.7. The van der Waals surface area contributed by atoms with Gasteiger partial charge in [0.1, 0.15) is 0 Å². The summed E-state index contributed by atoms with van der Waals surface area (Å²) in [6, 6.07) is 9.21. The molecule has 1 nitrogen and oxygen atoms in total. The molecule has 1 N–H and O–H groups in total. The number of hydrogen-bond acceptors (Lipinski definition) is 1. The molecular formula is C20H31N. The van der Waals surface area contributed by atoms with E-state index < -0.39 is 0 Å². The van der Waals surface area contributed by atoms with Crippen LogP contribution >= 0.6 is 0 Å². The van der Waals surface area contributed by atoms with Crippen LogP contribution in [0.15, 0.2) is 24.3 Å². The van der Waals surface area contributed by atoms with Gasteiger partial charge in [0.15, 0.2) is 0 Å². The van der Waals surface area contributed by atoms with E-state index in [-0.39, 0.29) is 0 Å². The summed E-state index contributed by atoms with van der Waals surface area (Å²) in [7, 11) is 0. The molecule has 1 aliphatic carbocycles. The van der Waals surface area contributed by atoms with E-state index >= 15 is 0 Å². The van der Waals surface area contributed by atoms with E-state index in [1.54, 1.807) is 11.1 Å². The predicted molar refractivity (Wildman–Crippen MR) is 90.8 cm³/mol. The molecule has 1 heteroatoms. The van der Waals surface area contributed by atoms with Crippen LogP contribution in [0.25, 0.3) is 0 Å². The van der Waals surface area contributed by atoms with E-state index in [9.17, 15) is 0 Å². The number of nitrogens with one attached hydrogen (secondary N) is 1. The lowest BCUT2D eigenvalue weighted by atomic mass is 9.73. The van der Waals surface area contributed by atoms with E-state index in [0.717, 1.165) is 5.92 Å². The van der Waals surface area contributed by atoms with Gasteiger partial charge in [0, 0.05) is 5.54 Å². The number of rotatable bonds is 4. The molecule has 1 aliphatic heterocycles. The second-order valence-corrected chi connectivity index (χ2v) is 7.26. The van der Waals surface area contributed by atoms with Gasteiger partial charge in [0.2, 0.25) is 0 Å². The summed E-state index contributed by atoms with van der Waals surface area (Å²) < 4.78 is 0. The molecule has 0 bridgehead atoms. The molecular weight excluding hydrogens is 254 g/mol. The van der Waals surface area contributed by atoms with E-state index in [1.165, 1.54) is 70.8 Å². The Balaban J connectivity index is 1.80. The largest absolute Gasteiger partial charge is 0.311 e. The Morgan fingerprint density at radius 3 is 2.95 bits per heavy atom. The average molecular weight is 285 g/mol. The maximum atomic E-state index is 3.97. The highest BCUT2D eigenvalue weighted by atomic mass is 15.0. The summed E-state index contributed by atoms with van der Waals surface area (Å²) in [6.45, 7) is 3.58. The maximum absolute atomic E-state index is 3.97. The molecule has 0 spiro atoms. The number of aryl methyl sites for hydroxylation is 1. The van der Waals surface area contributed by atoms with Crippen molar-refractivity contribution in [3.05, 3.63) is 35.4 Å². The highest BCUT2D eigenvalue weighted by Gasteiger charge is 2.34. The van der Waals surface area contributed by atoms with Crippen LogP contribution in [0, 0.1) is 0 Å². The third kappa shape index (κ3) is 3.51. The van der Waals surface area contributed by atoms with Crippen LogP contribution in [0.4, 0.5) is 0 Å². The van der Waals surface area contributed by atoms with Crippen LogP contribution < -0.4 is 5.32 Å². The fourth-order valence-electron chi connectivity index (χ4n) is 4.71. The van der Waals surface area contributed by atoms with Crippen molar-refractivity contribution in [3.63, 3.8) is 0 Å². The molecule has 1 heterocycles. The molecule has 0 aromatic heterocycles. The molecule has 1 aromatic rings. The van der Waals surface area contributed by atoms with Gasteiger partial charge in [0.05, 0.1) is 0 Å². The van der Waals surface area contributed by atoms with E-state index in [2.05, 4.69) is 36.5 Å². The van der Waals surface area contributed by atoms with Crippen molar-refractivity contribution in [2.24, 2.45) is 0 Å². The van der Waals surface area contributed by atoms with Crippen LogP contribution in [0.5, 0.6) is 0 Å². The maximum Gasteiger partial charge on any atom is 0.0187 e. The Hall–Kier alpha value is -0.820. The molecule has 21 heavy (non-hydrogen) atoms. The zero-order valence-corrected chi connectivity index (χ0v) is 13.7. The lowest BCUT2D eigenvalue weighted by Crippen LogP contribution is -2.46. The molecule has 2 atom stereocenters. The van der Waals surface area contributed by atoms with Gasteiger partial charge in [-0.15, -0.1) is 0 Å². The fourth-order valence-corrected chi connectivity index (χ4v) is 4.71. The molecule has 116 valence electrons. The first kappa shape index (κ1) is 15.1. The zero-order chi connectivity index (χ0) is 14.5. The van der Waals surface area contributed by atoms with Crippen LogP contribution in [0.2, 0.25) is 0 Å². The summed E-state index contributed by atoms with van der Waals surface area (Å²) >= 11 is 0. The van der Waals surface area contributed by atoms with Gasteiger partial charge in [-0.3, -0.25) is 0 Å². The van der Waals surface area contributed by atoms with Gasteiger partial charge in [-0.05, 0) is 68.5 Å². The first-order chi connectivity index (χ1) is 10.3. The monoisotopic (exact) mass is 285 g/mol. The SMILES string of the molecule is CCCC1(CC2CCCc3ccccc32)CCCCCN1. The normalized spacial score (nSPS) is 29.7. The van der Waals surface area contributed by atoms with Gasteiger partial charge in [-0.1, -0.05) is 50.5 Å². The highest BCUT2D eigenvalue weighted by molar-refractivity contribution is 5.33. The Morgan fingerprint density at radius 1 is 1.14 bits per heavy atom. The summed E-state index contributed by atoms with van der Waals surface area (Å²) in [5.74, 6) is 0.784. The van der Waals surface area contributed by atoms with E-state index in [4.69, 9.17) is 0 Å². The van der Waals surface area contributed by atoms with Crippen molar-refractivity contribution >= 4 is 0 Å². The van der Waals surface area contributed by atoms with Crippen molar-refractivity contribution in [1.82, 2.24) is 5.32 Å². The zero-order valence-electron chi connectivity index (χ0n) is 13.7. The summed E-state index contributed by atoms with van der Waals surface area (Å²) in [4.78, 5) is 0. The first-order valence-corrected chi connectivity index (χ1v) is 9.16. The Labute approximate surface area is 130 Å². The van der Waals surface area contributed by atoms with Gasteiger partial charge >= 0.3 is 0 Å². The number of fused-ring (bicyclic) bond motifs is 1. The minimum Gasteiger partial charge on any atom is -0.311 e. The minimum atomic E-state index is 0.417. The third-order valence-corrected chi connectivity index (χ3v) is 5.69. The quantitative estimate of drug-likeness (QED) is 0.802. The van der Waals surface area contributed by atoms with E-state index in [0.29, 0.717) is 5.54 Å². The topological polar surface area (TPSA) is 12.0 Å². The average Bonchev–Trinajstić information content (AvgIpc) is 2.74. The predicted octanol–water partition coefficient (Wildman–Crippen LogP) is 5.20. The standard InChI is InChI=1S/C20H31N/c1-2-13-20(14-6-3-7-15-21-20)16-18-11-8-10-17-9-4-5-12-19(17)18/h4-5,9,12,18,21H,2-3,6-8,10-11,13-16H2,1H3. The molecule has 2 aliphatic rings. The molecule has 0 amide bonds. The molecule has 0 radical (unpaired) electrons. The first-order valence-electron chi connectivity index (χ1n) is 9.16. The number of hydrogen-bond donors (Lipinski definition) is 1. The lowest BCUT2D eigenvalue weighted by molar-refractivity contribution is 0.243. The summed E-state index contributed by atoms with van der Waals surface area (Å²) in [5, 5.41) is 3.97.